The van der Waals surface area contributed by atoms with Gasteiger partial charge in [-0.2, -0.15) is 0 Å². The van der Waals surface area contributed by atoms with Gasteiger partial charge in [-0.3, -0.25) is 0 Å². The van der Waals surface area contributed by atoms with Crippen LogP contribution in [-0.4, -0.2) is 66.3 Å². The number of unbranched alkanes of at least 4 members (excludes halogenated alkanes) is 20. The molecule has 0 aliphatic carbocycles. The largest absolute Gasteiger partial charge is 0.508 e. The summed E-state index contributed by atoms with van der Waals surface area (Å²) in [6.45, 7) is 5.32. The van der Waals surface area contributed by atoms with Crippen molar-refractivity contribution in [2.45, 2.75) is 205 Å². The minimum atomic E-state index is -1.55. The molecule has 0 bridgehead atoms. The molecule has 2 aliphatic heterocycles. The third kappa shape index (κ3) is 16.6. The van der Waals surface area contributed by atoms with E-state index in [9.17, 15) is 40.9 Å². The van der Waals surface area contributed by atoms with Crippen LogP contribution in [0.15, 0.2) is 78.9 Å². The molecule has 0 amide bonds. The number of allylic oxidation sites excluding steroid dienone is 4. The molecule has 0 fully saturated rings. The van der Waals surface area contributed by atoms with E-state index in [1.807, 2.05) is 0 Å². The van der Waals surface area contributed by atoms with Crippen LogP contribution in [0, 0.1) is 0 Å². The number of ether oxygens (including phenoxy) is 4. The highest BCUT2D eigenvalue weighted by atomic mass is 16.5. The Morgan fingerprint density at radius 3 is 1.43 bits per heavy atom. The number of fused-ring (bicyclic) bond motifs is 2. The van der Waals surface area contributed by atoms with Crippen molar-refractivity contribution in [2.24, 2.45) is 0 Å². The van der Waals surface area contributed by atoms with Gasteiger partial charge in [0.2, 0.25) is 0 Å². The fourth-order valence-corrected chi connectivity index (χ4v) is 10.3. The lowest BCUT2D eigenvalue weighted by atomic mass is 9.77. The van der Waals surface area contributed by atoms with Crippen molar-refractivity contribution in [3.8, 4) is 57.5 Å². The number of aromatic hydroxyl groups is 6. The molecule has 6 rings (SSSR count). The first kappa shape index (κ1) is 57.6. The van der Waals surface area contributed by atoms with Gasteiger partial charge in [-0.05, 0) is 99.6 Å². The Kier molecular flexibility index (Phi) is 23.8. The summed E-state index contributed by atoms with van der Waals surface area (Å²) in [5.41, 5.74) is 0.906. The first-order valence-electron chi connectivity index (χ1n) is 28.1. The number of phenols is 6. The molecule has 4 aromatic carbocycles. The van der Waals surface area contributed by atoms with Crippen LogP contribution in [0.3, 0.4) is 0 Å². The van der Waals surface area contributed by atoms with E-state index < -0.39 is 41.8 Å². The predicted molar refractivity (Wildman–Crippen MR) is 291 cm³/mol. The molecule has 12 nitrogen and oxygen atoms in total. The van der Waals surface area contributed by atoms with Crippen molar-refractivity contribution in [3.05, 3.63) is 107 Å². The molecule has 74 heavy (non-hydrogen) atoms. The Morgan fingerprint density at radius 1 is 0.473 bits per heavy atom. The predicted octanol–water partition coefficient (Wildman–Crippen LogP) is 14.9. The topological polar surface area (TPSA) is 199 Å². The van der Waals surface area contributed by atoms with Gasteiger partial charge in [0, 0.05) is 41.3 Å². The maximum atomic E-state index is 12.3. The van der Waals surface area contributed by atoms with Gasteiger partial charge in [0.05, 0.1) is 25.2 Å². The van der Waals surface area contributed by atoms with Crippen LogP contribution in [0.2, 0.25) is 0 Å². The fourth-order valence-electron chi connectivity index (χ4n) is 10.3. The first-order chi connectivity index (χ1) is 36.0. The highest BCUT2D eigenvalue weighted by Gasteiger charge is 2.46. The van der Waals surface area contributed by atoms with E-state index in [1.165, 1.54) is 102 Å². The molecule has 0 saturated carbocycles. The minimum absolute atomic E-state index is 0.00270. The lowest BCUT2D eigenvalue weighted by Crippen LogP contribution is -2.36. The van der Waals surface area contributed by atoms with Gasteiger partial charge in [-0.15, -0.1) is 0 Å². The molecule has 2 heterocycles. The number of rotatable bonds is 33. The molecule has 0 saturated heterocycles. The zero-order valence-corrected chi connectivity index (χ0v) is 44.2. The average Bonchev–Trinajstić information content (AvgIpc) is 3.37. The summed E-state index contributed by atoms with van der Waals surface area (Å²) >= 11 is 0. The van der Waals surface area contributed by atoms with Gasteiger partial charge >= 0.3 is 0 Å². The molecule has 8 N–H and O–H groups in total. The summed E-state index contributed by atoms with van der Waals surface area (Å²) in [6.07, 6.45) is 32.2. The summed E-state index contributed by atoms with van der Waals surface area (Å²) in [5, 5.41) is 90.9. The molecule has 12 heteroatoms. The quantitative estimate of drug-likeness (QED) is 0.0166. The van der Waals surface area contributed by atoms with E-state index in [0.717, 1.165) is 82.8 Å². The van der Waals surface area contributed by atoms with Gasteiger partial charge in [-0.1, -0.05) is 140 Å². The van der Waals surface area contributed by atoms with E-state index in [0.29, 0.717) is 24.3 Å². The fraction of sp³-hybridized carbons (Fsp3) is 0.548. The van der Waals surface area contributed by atoms with E-state index in [1.54, 1.807) is 24.3 Å². The Balaban J connectivity index is 1.06. The number of benzene rings is 4. The number of hydrogen-bond acceptors (Lipinski definition) is 12. The highest BCUT2D eigenvalue weighted by molar-refractivity contribution is 5.66. The molecular weight excluding hydrogens is 937 g/mol. The van der Waals surface area contributed by atoms with Crippen molar-refractivity contribution in [1.29, 1.82) is 0 Å². The molecule has 4 aromatic rings. The lowest BCUT2D eigenvalue weighted by molar-refractivity contribution is 0.00114. The molecule has 0 unspecified atom stereocenters. The molecule has 406 valence electrons. The van der Waals surface area contributed by atoms with Gasteiger partial charge < -0.3 is 59.8 Å². The summed E-state index contributed by atoms with van der Waals surface area (Å²) in [7, 11) is 0. The number of aliphatic hydroxyl groups is 2. The highest BCUT2D eigenvalue weighted by Crippen LogP contribution is 2.57. The van der Waals surface area contributed by atoms with Crippen molar-refractivity contribution in [3.63, 3.8) is 0 Å². The first-order valence-corrected chi connectivity index (χ1v) is 28.1. The Hall–Kier alpha value is -5.72. The molecule has 0 spiro atoms. The Labute approximate surface area is 440 Å². The maximum Gasteiger partial charge on any atom is 0.160 e. The smallest absolute Gasteiger partial charge is 0.160 e. The molecule has 2 aliphatic rings. The van der Waals surface area contributed by atoms with Crippen LogP contribution in [0.25, 0.3) is 0 Å². The second kappa shape index (κ2) is 30.6. The average molecular weight is 1020 g/mol. The Bertz CT molecular complexity index is 2380. The maximum absolute atomic E-state index is 12.3. The third-order valence-corrected chi connectivity index (χ3v) is 14.5. The summed E-state index contributed by atoms with van der Waals surface area (Å²) < 4.78 is 24.7. The molecule has 5 atom stereocenters. The summed E-state index contributed by atoms with van der Waals surface area (Å²) in [6, 6.07) is 12.9. The Morgan fingerprint density at radius 2 is 0.932 bits per heavy atom. The van der Waals surface area contributed by atoms with Crippen molar-refractivity contribution in [2.75, 3.05) is 13.2 Å². The zero-order valence-electron chi connectivity index (χ0n) is 44.2. The normalized spacial score (nSPS) is 18.3. The van der Waals surface area contributed by atoms with E-state index in [2.05, 4.69) is 38.2 Å². The van der Waals surface area contributed by atoms with Crippen LogP contribution in [0.5, 0.6) is 57.5 Å². The SMILES string of the molecule is CCCCCCC/C=C\CCCCCCCOc1ccc([C@H]2Oc3cc(O)cc(O)c3[C@H](c3c(O)cc(O)c4c3O[C@H](c3ccc(OCCCCCCC/C=C\CCCCCCC)c(O)c3)[C@H](O)C4)[C@H]2O)cc1O. The third-order valence-electron chi connectivity index (χ3n) is 14.5. The minimum Gasteiger partial charge on any atom is -0.508 e. The second-order valence-electron chi connectivity index (χ2n) is 20.4. The number of phenolic OH excluding ortho intramolecular Hbond substituents is 6. The monoisotopic (exact) mass is 1020 g/mol. The van der Waals surface area contributed by atoms with Gasteiger partial charge in [0.25, 0.3) is 0 Å². The zero-order chi connectivity index (χ0) is 52.7. The molecule has 0 aromatic heterocycles. The van der Waals surface area contributed by atoms with Gasteiger partial charge in [-0.25, -0.2) is 0 Å². The van der Waals surface area contributed by atoms with Gasteiger partial charge in [0.1, 0.15) is 46.7 Å². The summed E-state index contributed by atoms with van der Waals surface area (Å²) in [4.78, 5) is 0. The second-order valence-corrected chi connectivity index (χ2v) is 20.4. The van der Waals surface area contributed by atoms with E-state index in [-0.39, 0.29) is 69.1 Å². The van der Waals surface area contributed by atoms with Crippen LogP contribution >= 0.6 is 0 Å². The molecular formula is C62H86O12. The van der Waals surface area contributed by atoms with E-state index in [4.69, 9.17) is 18.9 Å². The molecule has 0 radical (unpaired) electrons. The van der Waals surface area contributed by atoms with Crippen LogP contribution in [-0.2, 0) is 6.42 Å². The van der Waals surface area contributed by atoms with Crippen LogP contribution in [0.1, 0.15) is 214 Å². The van der Waals surface area contributed by atoms with Crippen molar-refractivity contribution < 1.29 is 59.8 Å². The number of aliphatic hydroxyl groups excluding tert-OH is 2. The lowest BCUT2D eigenvalue weighted by Gasteiger charge is -2.40. The van der Waals surface area contributed by atoms with E-state index >= 15 is 0 Å². The van der Waals surface area contributed by atoms with Crippen molar-refractivity contribution >= 4 is 0 Å². The van der Waals surface area contributed by atoms with Crippen molar-refractivity contribution in [1.82, 2.24) is 0 Å². The summed E-state index contributed by atoms with van der Waals surface area (Å²) in [5.74, 6) is -2.68. The van der Waals surface area contributed by atoms with Gasteiger partial charge in [0.15, 0.2) is 29.1 Å². The van der Waals surface area contributed by atoms with Crippen LogP contribution in [0.4, 0.5) is 0 Å². The number of hydrogen-bond donors (Lipinski definition) is 8. The van der Waals surface area contributed by atoms with Crippen LogP contribution < -0.4 is 18.9 Å². The standard InChI is InChI=1S/C62H86O12/c1-3-5-7-9-11-13-15-17-19-21-23-25-27-29-35-71-53-33-31-43(37-48(53)65)60-52(69)41-46-47(64)42-51(68)57(62(46)74-60)58-56-50(67)39-45(63)40-55(56)73-61(59(58)70)44-32-34-54(49(66)38-44)72-36-30-28-26-24-22-20-18-16-14-12-10-8-6-4-2/h15-18,31-34,37-40,42,52,58-61,63-70H,3-14,19-30,35-36,41H2,1-2H3/b17-15-,18-16-/t52-,58-,59-,60-,61-/m1/s1.